The average molecular weight is 921 g/mol. The van der Waals surface area contributed by atoms with Crippen LogP contribution < -0.4 is 0 Å². The van der Waals surface area contributed by atoms with Crippen molar-refractivity contribution < 1.29 is 8.78 Å². The Morgan fingerprint density at radius 2 is 0.706 bits per heavy atom. The van der Waals surface area contributed by atoms with Crippen molar-refractivity contribution in [1.82, 2.24) is 9.13 Å². The number of thiophene rings is 2. The third kappa shape index (κ3) is 5.90. The Balaban J connectivity index is 1.37. The number of fused-ring (bicyclic) bond motifs is 14. The second kappa shape index (κ2) is 14.7. The molecule has 0 saturated heterocycles. The molecule has 0 fully saturated rings. The van der Waals surface area contributed by atoms with E-state index in [0.29, 0.717) is 0 Å². The standard InChI is InChI=1S/C62H46F2N2S2/c1-61(2,3)53-51(35-23-27-37(63)28-24-35)57(65-47-19-11-7-15-39(47)43-31-33-45-41-17-9-13-21-49(41)67-59(45)55(43)65)52(36-25-29-38(64)30-26-36)54(62(4,5)6)58(53)66-48-20-12-8-16-40(48)44-32-34-46-42-18-10-14-22-50(42)68-60(46)56(44)66/h7-34H,1-6H3. The summed E-state index contributed by atoms with van der Waals surface area (Å²) in [6.45, 7) is 14.0. The molecule has 13 rings (SSSR count). The predicted molar refractivity (Wildman–Crippen MR) is 289 cm³/mol. The fourth-order valence-electron chi connectivity index (χ4n) is 11.4. The quantitative estimate of drug-likeness (QED) is 0.166. The van der Waals surface area contributed by atoms with Gasteiger partial charge in [-0.25, -0.2) is 8.78 Å². The molecule has 0 N–H and O–H groups in total. The lowest BCUT2D eigenvalue weighted by Gasteiger charge is -2.38. The molecule has 68 heavy (non-hydrogen) atoms. The highest BCUT2D eigenvalue weighted by atomic mass is 32.1. The van der Waals surface area contributed by atoms with E-state index in [1.807, 2.05) is 46.9 Å². The maximum absolute atomic E-state index is 15.5. The monoisotopic (exact) mass is 920 g/mol. The van der Waals surface area contributed by atoms with Gasteiger partial charge in [0.05, 0.1) is 42.8 Å². The Hall–Kier alpha value is -7.12. The number of benzene rings is 9. The van der Waals surface area contributed by atoms with Crippen LogP contribution in [0.5, 0.6) is 0 Å². The van der Waals surface area contributed by atoms with E-state index in [2.05, 4.69) is 172 Å². The molecule has 0 aliphatic heterocycles. The zero-order valence-electron chi connectivity index (χ0n) is 38.6. The van der Waals surface area contributed by atoms with Gasteiger partial charge in [0.15, 0.2) is 0 Å². The van der Waals surface area contributed by atoms with Crippen LogP contribution in [0.15, 0.2) is 170 Å². The van der Waals surface area contributed by atoms with Gasteiger partial charge in [-0.2, -0.15) is 0 Å². The molecule has 9 aromatic carbocycles. The Morgan fingerprint density at radius 1 is 0.353 bits per heavy atom. The van der Waals surface area contributed by atoms with Crippen molar-refractivity contribution in [2.24, 2.45) is 0 Å². The van der Waals surface area contributed by atoms with Gasteiger partial charge < -0.3 is 9.13 Å². The molecule has 330 valence electrons. The fourth-order valence-corrected chi connectivity index (χ4v) is 13.8. The van der Waals surface area contributed by atoms with Gasteiger partial charge in [-0.3, -0.25) is 0 Å². The summed E-state index contributed by atoms with van der Waals surface area (Å²) >= 11 is 3.67. The molecule has 4 heterocycles. The van der Waals surface area contributed by atoms with Gasteiger partial charge in [-0.1, -0.05) is 163 Å². The number of halogens is 2. The lowest BCUT2D eigenvalue weighted by molar-refractivity contribution is 0.565. The molecule has 0 radical (unpaired) electrons. The van der Waals surface area contributed by atoms with E-state index in [9.17, 15) is 0 Å². The van der Waals surface area contributed by atoms with Gasteiger partial charge in [0.1, 0.15) is 11.6 Å². The third-order valence-corrected chi connectivity index (χ3v) is 16.4. The van der Waals surface area contributed by atoms with Crippen LogP contribution >= 0.6 is 22.7 Å². The molecule has 0 unspecified atom stereocenters. The van der Waals surface area contributed by atoms with Crippen molar-refractivity contribution in [1.29, 1.82) is 0 Å². The maximum atomic E-state index is 15.5. The molecule has 0 spiro atoms. The highest BCUT2D eigenvalue weighted by molar-refractivity contribution is 7.27. The lowest BCUT2D eigenvalue weighted by atomic mass is 9.71. The van der Waals surface area contributed by atoms with Crippen molar-refractivity contribution in [2.45, 2.75) is 52.4 Å². The van der Waals surface area contributed by atoms with Crippen LogP contribution in [-0.4, -0.2) is 9.13 Å². The average Bonchev–Trinajstić information content (AvgIpc) is 4.08. The number of hydrogen-bond donors (Lipinski definition) is 0. The molecule has 0 aliphatic carbocycles. The third-order valence-electron chi connectivity index (χ3n) is 14.0. The van der Waals surface area contributed by atoms with E-state index >= 15 is 8.78 Å². The first-order chi connectivity index (χ1) is 32.9. The highest BCUT2D eigenvalue weighted by Crippen LogP contribution is 2.56. The van der Waals surface area contributed by atoms with Crippen LogP contribution in [-0.2, 0) is 10.8 Å². The number of rotatable bonds is 4. The molecule has 13 aromatic rings. The molecular weight excluding hydrogens is 875 g/mol. The molecule has 0 amide bonds. The Bertz CT molecular complexity index is 4140. The van der Waals surface area contributed by atoms with E-state index in [0.717, 1.165) is 77.6 Å². The smallest absolute Gasteiger partial charge is 0.123 e. The normalized spacial score (nSPS) is 12.7. The van der Waals surface area contributed by atoms with Crippen LogP contribution in [0.2, 0.25) is 0 Å². The van der Waals surface area contributed by atoms with Gasteiger partial charge in [-0.05, 0) is 81.6 Å². The lowest BCUT2D eigenvalue weighted by Crippen LogP contribution is -2.26. The van der Waals surface area contributed by atoms with Crippen molar-refractivity contribution in [3.63, 3.8) is 0 Å². The molecule has 0 bridgehead atoms. The first kappa shape index (κ1) is 41.1. The zero-order chi connectivity index (χ0) is 46.4. The molecule has 2 nitrogen and oxygen atoms in total. The van der Waals surface area contributed by atoms with Crippen LogP contribution in [0.1, 0.15) is 52.7 Å². The van der Waals surface area contributed by atoms with E-state index in [4.69, 9.17) is 0 Å². The Morgan fingerprint density at radius 3 is 1.12 bits per heavy atom. The minimum atomic E-state index is -0.493. The van der Waals surface area contributed by atoms with Crippen LogP contribution in [0.3, 0.4) is 0 Å². The van der Waals surface area contributed by atoms with Gasteiger partial charge in [0, 0.05) is 63.6 Å². The number of nitrogens with zero attached hydrogens (tertiary/aromatic N) is 2. The molecule has 0 saturated carbocycles. The first-order valence-electron chi connectivity index (χ1n) is 23.3. The zero-order valence-corrected chi connectivity index (χ0v) is 40.3. The summed E-state index contributed by atoms with van der Waals surface area (Å²) in [5.41, 5.74) is 11.7. The summed E-state index contributed by atoms with van der Waals surface area (Å²) in [7, 11) is 0. The minimum absolute atomic E-state index is 0.295. The minimum Gasteiger partial charge on any atom is -0.307 e. The number of para-hydroxylation sites is 2. The highest BCUT2D eigenvalue weighted by Gasteiger charge is 2.39. The van der Waals surface area contributed by atoms with Crippen LogP contribution in [0, 0.1) is 11.6 Å². The van der Waals surface area contributed by atoms with Gasteiger partial charge in [0.25, 0.3) is 0 Å². The summed E-state index contributed by atoms with van der Waals surface area (Å²) in [6.07, 6.45) is 0. The summed E-state index contributed by atoms with van der Waals surface area (Å²) in [4.78, 5) is 0. The van der Waals surface area contributed by atoms with E-state index in [1.165, 1.54) is 51.1 Å². The fraction of sp³-hybridized carbons (Fsp3) is 0.129. The van der Waals surface area contributed by atoms with Crippen LogP contribution in [0.25, 0.3) is 118 Å². The van der Waals surface area contributed by atoms with Crippen molar-refractivity contribution in [3.8, 4) is 33.6 Å². The predicted octanol–water partition coefficient (Wildman–Crippen LogP) is 18.8. The Labute approximate surface area is 400 Å². The largest absolute Gasteiger partial charge is 0.307 e. The molecule has 0 aliphatic rings. The molecule has 4 aromatic heterocycles. The molecule has 0 atom stereocenters. The molecule has 6 heteroatoms. The topological polar surface area (TPSA) is 9.86 Å². The Kier molecular flexibility index (Phi) is 8.88. The van der Waals surface area contributed by atoms with E-state index < -0.39 is 10.8 Å². The molecular formula is C62H46F2N2S2. The summed E-state index contributed by atoms with van der Waals surface area (Å²) < 4.78 is 40.9. The van der Waals surface area contributed by atoms with Gasteiger partial charge in [-0.15, -0.1) is 22.7 Å². The first-order valence-corrected chi connectivity index (χ1v) is 24.9. The number of aromatic nitrogens is 2. The second-order valence-corrected chi connectivity index (χ2v) is 22.4. The summed E-state index contributed by atoms with van der Waals surface area (Å²) in [6, 6.07) is 58.4. The van der Waals surface area contributed by atoms with Crippen molar-refractivity contribution >= 4 is 107 Å². The van der Waals surface area contributed by atoms with Crippen LogP contribution in [0.4, 0.5) is 8.78 Å². The SMILES string of the molecule is CC(C)(C)c1c(-c2ccc(F)cc2)c(-n2c3ccccc3c3ccc4c5ccccc5sc4c32)c(-c2ccc(F)cc2)c(C(C)(C)C)c1-n1c2ccccc2c2ccc3c4ccccc4sc3c21. The number of hydrogen-bond acceptors (Lipinski definition) is 2. The van der Waals surface area contributed by atoms with E-state index in [-0.39, 0.29) is 11.6 Å². The van der Waals surface area contributed by atoms with Gasteiger partial charge in [0.2, 0.25) is 0 Å². The van der Waals surface area contributed by atoms with Crippen molar-refractivity contribution in [3.05, 3.63) is 193 Å². The summed E-state index contributed by atoms with van der Waals surface area (Å²) in [5, 5.41) is 9.55. The van der Waals surface area contributed by atoms with Crippen molar-refractivity contribution in [2.75, 3.05) is 0 Å². The second-order valence-electron chi connectivity index (χ2n) is 20.3. The van der Waals surface area contributed by atoms with E-state index in [1.54, 1.807) is 24.3 Å². The summed E-state index contributed by atoms with van der Waals surface area (Å²) in [5.74, 6) is -0.590. The maximum Gasteiger partial charge on any atom is 0.123 e. The van der Waals surface area contributed by atoms with Gasteiger partial charge >= 0.3 is 0 Å².